The first-order chi connectivity index (χ1) is 3.00. The van der Waals surface area contributed by atoms with E-state index in [0.717, 1.165) is 0 Å². The zero-order valence-electron chi connectivity index (χ0n) is 3.74. The van der Waals surface area contributed by atoms with Gasteiger partial charge in [-0.15, -0.1) is 0 Å². The first-order valence-corrected chi connectivity index (χ1v) is 1.91. The molecule has 1 radical (unpaired) electrons. The van der Waals surface area contributed by atoms with Gasteiger partial charge in [0.05, 0.1) is 0 Å². The van der Waals surface area contributed by atoms with Gasteiger partial charge in [0.15, 0.2) is 0 Å². The summed E-state index contributed by atoms with van der Waals surface area (Å²) in [5, 5.41) is 0. The second-order valence-corrected chi connectivity index (χ2v) is 1.08. The largest absolute Gasteiger partial charge is 1.00 e. The molecule has 0 saturated carbocycles. The molecule has 0 nitrogen and oxygen atoms in total. The van der Waals surface area contributed by atoms with Crippen LogP contribution in [-0.2, 0) is 19.8 Å². The fourth-order valence-corrected chi connectivity index (χ4v) is 0.342. The fraction of sp³-hybridized carbons (Fsp3) is 0. The van der Waals surface area contributed by atoms with E-state index in [2.05, 4.69) is 6.07 Å². The third-order valence-electron chi connectivity index (χ3n) is 0.607. The molecule has 0 amide bonds. The molecule has 0 aliphatic carbocycles. The maximum atomic E-state index is 2.89. The van der Waals surface area contributed by atoms with E-state index < -0.39 is 0 Å². The summed E-state index contributed by atoms with van der Waals surface area (Å²) in [5.41, 5.74) is 0. The predicted octanol–water partition coefficient (Wildman–Crippen LogP) is 1.48. The van der Waals surface area contributed by atoms with Crippen molar-refractivity contribution in [2.75, 3.05) is 0 Å². The van der Waals surface area contributed by atoms with E-state index in [9.17, 15) is 0 Å². The summed E-state index contributed by atoms with van der Waals surface area (Å²) in [6.45, 7) is 0. The summed E-state index contributed by atoms with van der Waals surface area (Å²) < 4.78 is 0. The average molecular weight is 267 g/mol. The van der Waals surface area contributed by atoms with Crippen molar-refractivity contribution in [1.82, 2.24) is 0 Å². The molecule has 0 unspecified atom stereocenters. The second kappa shape index (κ2) is 4.03. The van der Waals surface area contributed by atoms with E-state index in [1.165, 1.54) is 0 Å². The van der Waals surface area contributed by atoms with Gasteiger partial charge in [0.2, 0.25) is 0 Å². The van der Waals surface area contributed by atoms with Crippen LogP contribution >= 0.6 is 0 Å². The van der Waals surface area contributed by atoms with Crippen molar-refractivity contribution in [1.29, 1.82) is 0 Å². The summed E-state index contributed by atoms with van der Waals surface area (Å²) in [4.78, 5) is 0. The monoisotopic (exact) mass is 269 g/mol. The summed E-state index contributed by atoms with van der Waals surface area (Å²) in [6.07, 6.45) is 0. The Labute approximate surface area is 56.6 Å². The van der Waals surface area contributed by atoms with E-state index in [-0.39, 0.29) is 19.8 Å². The van der Waals surface area contributed by atoms with Crippen molar-refractivity contribution >= 4 is 0 Å². The number of hydrogen-bond donors (Lipinski definition) is 0. The molecule has 1 aromatic carbocycles. The maximum absolute atomic E-state index is 2.89. The van der Waals surface area contributed by atoms with Gasteiger partial charge in [0, 0.05) is 0 Å². The van der Waals surface area contributed by atoms with Crippen LogP contribution in [0.4, 0.5) is 0 Å². The van der Waals surface area contributed by atoms with Crippen LogP contribution in [0.1, 0.15) is 0 Å². The molecule has 0 bridgehead atoms. The minimum absolute atomic E-state index is 0. The van der Waals surface area contributed by atoms with Crippen molar-refractivity contribution < 1.29 is 19.8 Å². The molecular weight excluding hydrogens is 262 g/mol. The van der Waals surface area contributed by atoms with Crippen LogP contribution in [0.2, 0.25) is 0 Å². The third kappa shape index (κ3) is 2.54. The Morgan fingerprint density at radius 3 is 1.57 bits per heavy atom. The van der Waals surface area contributed by atoms with Crippen LogP contribution in [0.15, 0.2) is 30.3 Å². The van der Waals surface area contributed by atoms with E-state index >= 15 is 0 Å². The van der Waals surface area contributed by atoms with Gasteiger partial charge in [-0.05, 0) is 0 Å². The van der Waals surface area contributed by atoms with Crippen LogP contribution in [0.25, 0.3) is 0 Å². The Hall–Kier alpha value is -0.144. The molecule has 0 saturated heterocycles. The Bertz CT molecular complexity index is 76.1. The van der Waals surface area contributed by atoms with Gasteiger partial charge >= 0.3 is 19.8 Å². The van der Waals surface area contributed by atoms with Gasteiger partial charge < -0.3 is 0 Å². The molecular formula is C6H5Os. The molecule has 7 heavy (non-hydrogen) atoms. The molecule has 1 heteroatoms. The first-order valence-electron chi connectivity index (χ1n) is 1.91. The molecule has 0 spiro atoms. The number of benzene rings is 1. The van der Waals surface area contributed by atoms with Gasteiger partial charge in [-0.25, -0.2) is 0 Å². The van der Waals surface area contributed by atoms with Crippen LogP contribution < -0.4 is 0 Å². The standard InChI is InChI=1S/C6H5.Os/c1-2-4-6-5-3-1;/h1-5H;/q-1;+1. The van der Waals surface area contributed by atoms with Gasteiger partial charge in [0.25, 0.3) is 0 Å². The van der Waals surface area contributed by atoms with E-state index in [0.29, 0.717) is 0 Å². The predicted molar refractivity (Wildman–Crippen MR) is 25.3 cm³/mol. The molecule has 0 aliphatic rings. The van der Waals surface area contributed by atoms with Crippen molar-refractivity contribution in [2.45, 2.75) is 0 Å². The molecule has 0 aliphatic heterocycles. The van der Waals surface area contributed by atoms with Gasteiger partial charge in [-0.1, -0.05) is 0 Å². The first kappa shape index (κ1) is 6.86. The molecule has 37 valence electrons. The van der Waals surface area contributed by atoms with Gasteiger partial charge in [0.1, 0.15) is 0 Å². The van der Waals surface area contributed by atoms with Gasteiger partial charge in [-0.3, -0.25) is 0 Å². The van der Waals surface area contributed by atoms with Crippen molar-refractivity contribution in [3.63, 3.8) is 0 Å². The van der Waals surface area contributed by atoms with Crippen LogP contribution in [-0.4, -0.2) is 0 Å². The Morgan fingerprint density at radius 2 is 1.43 bits per heavy atom. The SMILES string of the molecule is [Os+].[c-]1ccccc1. The smallest absolute Gasteiger partial charge is 0.184 e. The summed E-state index contributed by atoms with van der Waals surface area (Å²) >= 11 is 0. The summed E-state index contributed by atoms with van der Waals surface area (Å²) in [7, 11) is 0. The molecule has 1 rings (SSSR count). The molecule has 0 heterocycles. The summed E-state index contributed by atoms with van der Waals surface area (Å²) in [6, 6.07) is 12.5. The zero-order valence-corrected chi connectivity index (χ0v) is 6.28. The van der Waals surface area contributed by atoms with Crippen LogP contribution in [0, 0.1) is 6.07 Å². The van der Waals surface area contributed by atoms with Crippen molar-refractivity contribution in [3.05, 3.63) is 36.4 Å². The number of hydrogen-bond acceptors (Lipinski definition) is 0. The van der Waals surface area contributed by atoms with Crippen LogP contribution in [0.5, 0.6) is 0 Å². The van der Waals surface area contributed by atoms with Crippen molar-refractivity contribution in [3.8, 4) is 0 Å². The molecule has 0 aromatic heterocycles. The molecule has 0 atom stereocenters. The Morgan fingerprint density at radius 1 is 0.857 bits per heavy atom. The maximum Gasteiger partial charge on any atom is 1.00 e. The van der Waals surface area contributed by atoms with Gasteiger partial charge in [-0.2, -0.15) is 36.4 Å². The normalized spacial score (nSPS) is 6.86. The van der Waals surface area contributed by atoms with E-state index in [4.69, 9.17) is 0 Å². The molecule has 0 fully saturated rings. The van der Waals surface area contributed by atoms with E-state index in [1.807, 2.05) is 30.3 Å². The summed E-state index contributed by atoms with van der Waals surface area (Å²) in [5.74, 6) is 0. The molecule has 0 N–H and O–H groups in total. The van der Waals surface area contributed by atoms with Crippen molar-refractivity contribution in [2.24, 2.45) is 0 Å². The third-order valence-corrected chi connectivity index (χ3v) is 0.607. The molecule has 1 aromatic rings. The fourth-order valence-electron chi connectivity index (χ4n) is 0.342. The number of rotatable bonds is 0. The average Bonchev–Trinajstić information content (AvgIpc) is 1.72. The van der Waals surface area contributed by atoms with E-state index in [1.54, 1.807) is 0 Å². The Balaban J connectivity index is 0.000000360. The quantitative estimate of drug-likeness (QED) is 0.625. The Kier molecular flexibility index (Phi) is 3.94. The topological polar surface area (TPSA) is 0 Å². The second-order valence-electron chi connectivity index (χ2n) is 1.08. The zero-order chi connectivity index (χ0) is 4.24. The van der Waals surface area contributed by atoms with Crippen LogP contribution in [0.3, 0.4) is 0 Å². The minimum Gasteiger partial charge on any atom is -0.184 e. The minimum atomic E-state index is 0.